The Balaban J connectivity index is 1.44. The van der Waals surface area contributed by atoms with Crippen LogP contribution in [0.5, 0.6) is 0 Å². The zero-order valence-electron chi connectivity index (χ0n) is 20.3. The number of rotatable bonds is 5. The van der Waals surface area contributed by atoms with Crippen molar-refractivity contribution in [3.8, 4) is 45.2 Å². The Morgan fingerprint density at radius 1 is 0.514 bits per heavy atom. The molecule has 0 aliphatic heterocycles. The number of aliphatic hydroxyl groups excluding tert-OH is 1. The molecule has 0 atom stereocenters. The second-order valence-electron chi connectivity index (χ2n) is 8.98. The van der Waals surface area contributed by atoms with Gasteiger partial charge in [-0.15, -0.1) is 0 Å². The van der Waals surface area contributed by atoms with Crippen LogP contribution in [0.4, 0.5) is 0 Å². The molecule has 2 heterocycles. The summed E-state index contributed by atoms with van der Waals surface area (Å²) in [7, 11) is 0. The Bertz CT molecular complexity index is 1560. The van der Waals surface area contributed by atoms with Gasteiger partial charge in [-0.1, -0.05) is 97.1 Å². The molecule has 178 valence electrons. The van der Waals surface area contributed by atoms with Crippen LogP contribution in [0.2, 0.25) is 0 Å². The average molecular weight is 480 g/mol. The maximum absolute atomic E-state index is 10.4. The summed E-state index contributed by atoms with van der Waals surface area (Å²) in [5, 5.41) is 10.4. The summed E-state index contributed by atoms with van der Waals surface area (Å²) in [6, 6.07) is 36.5. The van der Waals surface area contributed by atoms with Crippen molar-refractivity contribution >= 4 is 5.57 Å². The van der Waals surface area contributed by atoms with E-state index in [0.29, 0.717) is 18.0 Å². The summed E-state index contributed by atoms with van der Waals surface area (Å²) in [6.45, 7) is 0. The van der Waals surface area contributed by atoms with Gasteiger partial charge < -0.3 is 5.11 Å². The lowest BCUT2D eigenvalue weighted by atomic mass is 10.0. The van der Waals surface area contributed by atoms with Gasteiger partial charge in [-0.3, -0.25) is 0 Å². The lowest BCUT2D eigenvalue weighted by Crippen LogP contribution is -1.98. The Labute approximate surface area is 216 Å². The highest BCUT2D eigenvalue weighted by Gasteiger charge is 2.14. The highest BCUT2D eigenvalue weighted by molar-refractivity contribution is 5.77. The molecule has 3 aromatic carbocycles. The third-order valence-electron chi connectivity index (χ3n) is 6.45. The molecule has 0 saturated carbocycles. The van der Waals surface area contributed by atoms with Gasteiger partial charge in [0, 0.05) is 34.2 Å². The molecule has 0 saturated heterocycles. The SMILES string of the molecule is OC1=C(c2cccc(-c3cccc(-c4nc(-c5ccccc5)cc(-c5ccccc5)n4)c3)n2)C=CCC1. The molecule has 6 rings (SSSR count). The highest BCUT2D eigenvalue weighted by atomic mass is 16.3. The predicted molar refractivity (Wildman–Crippen MR) is 149 cm³/mol. The van der Waals surface area contributed by atoms with E-state index in [-0.39, 0.29) is 0 Å². The summed E-state index contributed by atoms with van der Waals surface area (Å²) in [5.74, 6) is 1.05. The predicted octanol–water partition coefficient (Wildman–Crippen LogP) is 8.16. The molecular formula is C33H25N3O. The first kappa shape index (κ1) is 22.6. The lowest BCUT2D eigenvalue weighted by Gasteiger charge is -2.12. The Hall–Kier alpha value is -4.83. The van der Waals surface area contributed by atoms with Crippen LogP contribution in [-0.2, 0) is 0 Å². The van der Waals surface area contributed by atoms with Crippen LogP contribution in [-0.4, -0.2) is 20.1 Å². The molecule has 1 N–H and O–H groups in total. The molecule has 1 aliphatic rings. The third kappa shape index (κ3) is 4.82. The first-order valence-electron chi connectivity index (χ1n) is 12.4. The summed E-state index contributed by atoms with van der Waals surface area (Å²) in [6.07, 6.45) is 5.52. The number of aliphatic hydroxyl groups is 1. The van der Waals surface area contributed by atoms with Gasteiger partial charge in [0.05, 0.1) is 22.8 Å². The van der Waals surface area contributed by atoms with Gasteiger partial charge in [0.25, 0.3) is 0 Å². The van der Waals surface area contributed by atoms with E-state index in [1.807, 2.05) is 84.9 Å². The van der Waals surface area contributed by atoms with Gasteiger partial charge in [0.2, 0.25) is 0 Å². The quantitative estimate of drug-likeness (QED) is 0.276. The molecule has 0 bridgehead atoms. The largest absolute Gasteiger partial charge is 0.512 e. The number of nitrogens with zero attached hydrogens (tertiary/aromatic N) is 3. The van der Waals surface area contributed by atoms with E-state index in [1.165, 1.54) is 0 Å². The van der Waals surface area contributed by atoms with Crippen molar-refractivity contribution in [3.05, 3.63) is 133 Å². The van der Waals surface area contributed by atoms with Crippen LogP contribution in [0.15, 0.2) is 127 Å². The minimum absolute atomic E-state index is 0.389. The van der Waals surface area contributed by atoms with Crippen molar-refractivity contribution in [1.82, 2.24) is 15.0 Å². The number of hydrogen-bond donors (Lipinski definition) is 1. The van der Waals surface area contributed by atoms with Crippen LogP contribution in [0.1, 0.15) is 18.5 Å². The van der Waals surface area contributed by atoms with Crippen molar-refractivity contribution in [2.24, 2.45) is 0 Å². The van der Waals surface area contributed by atoms with Crippen LogP contribution < -0.4 is 0 Å². The normalized spacial score (nSPS) is 13.1. The molecule has 0 unspecified atom stereocenters. The van der Waals surface area contributed by atoms with Crippen molar-refractivity contribution in [2.45, 2.75) is 12.8 Å². The summed E-state index contributed by atoms with van der Waals surface area (Å²) in [4.78, 5) is 14.8. The maximum atomic E-state index is 10.4. The fourth-order valence-electron chi connectivity index (χ4n) is 4.54. The summed E-state index contributed by atoms with van der Waals surface area (Å²) >= 11 is 0. The molecule has 5 aromatic rings. The number of allylic oxidation sites excluding steroid dienone is 4. The molecule has 4 heteroatoms. The second kappa shape index (κ2) is 10.0. The first-order valence-corrected chi connectivity index (χ1v) is 12.4. The Morgan fingerprint density at radius 3 is 1.78 bits per heavy atom. The van der Waals surface area contributed by atoms with Crippen LogP contribution in [0, 0.1) is 0 Å². The molecule has 2 aromatic heterocycles. The Morgan fingerprint density at radius 2 is 1.11 bits per heavy atom. The van der Waals surface area contributed by atoms with Crippen molar-refractivity contribution in [1.29, 1.82) is 0 Å². The zero-order chi connectivity index (χ0) is 25.0. The van der Waals surface area contributed by atoms with E-state index in [1.54, 1.807) is 0 Å². The molecule has 4 nitrogen and oxygen atoms in total. The molecular weight excluding hydrogens is 454 g/mol. The number of benzene rings is 3. The van der Waals surface area contributed by atoms with Crippen molar-refractivity contribution in [2.75, 3.05) is 0 Å². The van der Waals surface area contributed by atoms with Gasteiger partial charge in [-0.2, -0.15) is 0 Å². The highest BCUT2D eigenvalue weighted by Crippen LogP contribution is 2.31. The molecule has 0 spiro atoms. The lowest BCUT2D eigenvalue weighted by molar-refractivity contribution is 0.391. The Kier molecular flexibility index (Phi) is 6.14. The van der Waals surface area contributed by atoms with E-state index < -0.39 is 0 Å². The van der Waals surface area contributed by atoms with Gasteiger partial charge in [-0.25, -0.2) is 15.0 Å². The molecule has 37 heavy (non-hydrogen) atoms. The topological polar surface area (TPSA) is 58.9 Å². The van der Waals surface area contributed by atoms with Crippen molar-refractivity contribution in [3.63, 3.8) is 0 Å². The number of pyridine rings is 1. The van der Waals surface area contributed by atoms with E-state index in [4.69, 9.17) is 15.0 Å². The van der Waals surface area contributed by atoms with Gasteiger partial charge in [0.1, 0.15) is 5.76 Å². The van der Waals surface area contributed by atoms with E-state index >= 15 is 0 Å². The van der Waals surface area contributed by atoms with Gasteiger partial charge >= 0.3 is 0 Å². The van der Waals surface area contributed by atoms with E-state index in [0.717, 1.165) is 57.0 Å². The van der Waals surface area contributed by atoms with E-state index in [9.17, 15) is 5.11 Å². The zero-order valence-corrected chi connectivity index (χ0v) is 20.3. The second-order valence-corrected chi connectivity index (χ2v) is 8.98. The van der Waals surface area contributed by atoms with Crippen LogP contribution in [0.25, 0.3) is 50.7 Å². The molecule has 0 amide bonds. The van der Waals surface area contributed by atoms with Crippen LogP contribution >= 0.6 is 0 Å². The van der Waals surface area contributed by atoms with Crippen LogP contribution in [0.3, 0.4) is 0 Å². The standard InChI is InChI=1S/C33H25N3O/c37-32-20-8-7-17-27(32)29-19-10-18-28(34-29)25-15-9-16-26(21-25)33-35-30(23-11-3-1-4-12-23)22-31(36-33)24-13-5-2-6-14-24/h1-7,9-19,21-22,37H,8,20H2. The van der Waals surface area contributed by atoms with Gasteiger partial charge in [-0.05, 0) is 30.7 Å². The smallest absolute Gasteiger partial charge is 0.160 e. The monoisotopic (exact) mass is 479 g/mol. The number of aromatic nitrogens is 3. The first-order chi connectivity index (χ1) is 18.2. The van der Waals surface area contributed by atoms with E-state index in [2.05, 4.69) is 36.4 Å². The molecule has 0 fully saturated rings. The maximum Gasteiger partial charge on any atom is 0.160 e. The molecule has 0 radical (unpaired) electrons. The fourth-order valence-corrected chi connectivity index (χ4v) is 4.54. The third-order valence-corrected chi connectivity index (χ3v) is 6.45. The summed E-state index contributed by atoms with van der Waals surface area (Å²) in [5.41, 5.74) is 8.11. The fraction of sp³-hybridized carbons (Fsp3) is 0.0606. The molecule has 1 aliphatic carbocycles. The number of hydrogen-bond acceptors (Lipinski definition) is 4. The minimum atomic E-state index is 0.389. The minimum Gasteiger partial charge on any atom is -0.512 e. The summed E-state index contributed by atoms with van der Waals surface area (Å²) < 4.78 is 0. The average Bonchev–Trinajstić information content (AvgIpc) is 2.98. The van der Waals surface area contributed by atoms with Gasteiger partial charge in [0.15, 0.2) is 5.82 Å². The van der Waals surface area contributed by atoms with Crippen molar-refractivity contribution < 1.29 is 5.11 Å².